The normalized spacial score (nSPS) is 20.0. The van der Waals surface area contributed by atoms with Gasteiger partial charge in [0.1, 0.15) is 5.92 Å². The first-order chi connectivity index (χ1) is 9.27. The molecule has 1 aliphatic rings. The Morgan fingerprint density at radius 3 is 2.45 bits per heavy atom. The van der Waals surface area contributed by atoms with Gasteiger partial charge in [0.15, 0.2) is 5.84 Å². The average molecular weight is 296 g/mol. The fraction of sp³-hybridized carbons (Fsp3) is 0.818. The van der Waals surface area contributed by atoms with Crippen LogP contribution >= 0.6 is 0 Å². The van der Waals surface area contributed by atoms with Crippen LogP contribution in [0.3, 0.4) is 0 Å². The Morgan fingerprint density at radius 2 is 2.00 bits per heavy atom. The molecule has 4 N–H and O–H groups in total. The van der Waals surface area contributed by atoms with Gasteiger partial charge in [-0.3, -0.25) is 4.79 Å². The number of alkyl halides is 3. The summed E-state index contributed by atoms with van der Waals surface area (Å²) in [7, 11) is 0. The third-order valence-electron chi connectivity index (χ3n) is 3.28. The number of nitrogens with one attached hydrogen (secondary N) is 1. The Bertz CT molecular complexity index is 367. The highest BCUT2D eigenvalue weighted by Crippen LogP contribution is 2.26. The SMILES string of the molecule is CC(NCC(C(N)=NO)C(F)(F)F)C(=O)N1CCCC1. The molecule has 1 aliphatic heterocycles. The number of carbonyl (C=O) groups is 1. The van der Waals surface area contributed by atoms with Crippen molar-refractivity contribution in [1.29, 1.82) is 0 Å². The molecule has 6 nitrogen and oxygen atoms in total. The maximum Gasteiger partial charge on any atom is 0.400 e. The van der Waals surface area contributed by atoms with Gasteiger partial charge in [0, 0.05) is 19.6 Å². The van der Waals surface area contributed by atoms with E-state index in [2.05, 4.69) is 10.5 Å². The van der Waals surface area contributed by atoms with Crippen molar-refractivity contribution in [2.45, 2.75) is 32.0 Å². The first-order valence-electron chi connectivity index (χ1n) is 6.33. The minimum atomic E-state index is -4.64. The molecule has 0 spiro atoms. The summed E-state index contributed by atoms with van der Waals surface area (Å²) in [5, 5.41) is 13.3. The number of amidine groups is 1. The highest BCUT2D eigenvalue weighted by Gasteiger charge is 2.43. The third-order valence-corrected chi connectivity index (χ3v) is 3.28. The van der Waals surface area contributed by atoms with Gasteiger partial charge in [-0.15, -0.1) is 0 Å². The number of halogens is 3. The number of amides is 1. The van der Waals surface area contributed by atoms with Crippen molar-refractivity contribution in [2.24, 2.45) is 16.8 Å². The molecular weight excluding hydrogens is 277 g/mol. The van der Waals surface area contributed by atoms with E-state index in [4.69, 9.17) is 10.9 Å². The Kier molecular flexibility index (Phi) is 5.61. The van der Waals surface area contributed by atoms with Crippen LogP contribution in [0.25, 0.3) is 0 Å². The molecule has 20 heavy (non-hydrogen) atoms. The topological polar surface area (TPSA) is 91.0 Å². The average Bonchev–Trinajstić information content (AvgIpc) is 2.89. The molecule has 0 aliphatic carbocycles. The lowest BCUT2D eigenvalue weighted by atomic mass is 10.1. The van der Waals surface area contributed by atoms with Gasteiger partial charge in [-0.1, -0.05) is 5.16 Å². The van der Waals surface area contributed by atoms with Gasteiger partial charge in [0.25, 0.3) is 0 Å². The van der Waals surface area contributed by atoms with Crippen molar-refractivity contribution in [1.82, 2.24) is 10.2 Å². The predicted octanol–water partition coefficient (Wildman–Crippen LogP) is 0.512. The van der Waals surface area contributed by atoms with Crippen molar-refractivity contribution < 1.29 is 23.2 Å². The van der Waals surface area contributed by atoms with Crippen LogP contribution in [0.1, 0.15) is 19.8 Å². The number of nitrogens with two attached hydrogens (primary N) is 1. The number of rotatable bonds is 5. The van der Waals surface area contributed by atoms with E-state index in [0.29, 0.717) is 13.1 Å². The summed E-state index contributed by atoms with van der Waals surface area (Å²) in [6.45, 7) is 2.15. The summed E-state index contributed by atoms with van der Waals surface area (Å²) < 4.78 is 38.1. The van der Waals surface area contributed by atoms with Crippen molar-refractivity contribution in [3.8, 4) is 0 Å². The van der Waals surface area contributed by atoms with Gasteiger partial charge in [0.05, 0.1) is 6.04 Å². The van der Waals surface area contributed by atoms with Crippen molar-refractivity contribution >= 4 is 11.7 Å². The third kappa shape index (κ3) is 4.26. The Morgan fingerprint density at radius 1 is 1.45 bits per heavy atom. The van der Waals surface area contributed by atoms with Crippen LogP contribution in [0.2, 0.25) is 0 Å². The summed E-state index contributed by atoms with van der Waals surface area (Å²) in [5.74, 6) is -3.28. The van der Waals surface area contributed by atoms with Gasteiger partial charge in [-0.2, -0.15) is 13.2 Å². The molecule has 1 heterocycles. The fourth-order valence-electron chi connectivity index (χ4n) is 2.05. The van der Waals surface area contributed by atoms with Crippen LogP contribution in [-0.4, -0.2) is 53.7 Å². The summed E-state index contributed by atoms with van der Waals surface area (Å²) in [6.07, 6.45) is -2.82. The second-order valence-electron chi connectivity index (χ2n) is 4.78. The molecule has 1 rings (SSSR count). The molecule has 0 saturated carbocycles. The second-order valence-corrected chi connectivity index (χ2v) is 4.78. The Balaban J connectivity index is 2.56. The van der Waals surface area contributed by atoms with Crippen molar-refractivity contribution in [3.05, 3.63) is 0 Å². The zero-order chi connectivity index (χ0) is 15.3. The molecule has 0 aromatic carbocycles. The van der Waals surface area contributed by atoms with Gasteiger partial charge in [-0.05, 0) is 19.8 Å². The van der Waals surface area contributed by atoms with Crippen molar-refractivity contribution in [3.63, 3.8) is 0 Å². The molecule has 2 atom stereocenters. The van der Waals surface area contributed by atoms with Gasteiger partial charge in [0.2, 0.25) is 5.91 Å². The second kappa shape index (κ2) is 6.78. The predicted molar refractivity (Wildman–Crippen MR) is 66.2 cm³/mol. The minimum absolute atomic E-state index is 0.233. The monoisotopic (exact) mass is 296 g/mol. The fourth-order valence-corrected chi connectivity index (χ4v) is 2.05. The molecule has 0 aromatic rings. The molecule has 0 aromatic heterocycles. The molecule has 1 fully saturated rings. The largest absolute Gasteiger partial charge is 0.409 e. The summed E-state index contributed by atoms with van der Waals surface area (Å²) in [6, 6.07) is -0.746. The van der Waals surface area contributed by atoms with Crippen LogP contribution in [0.4, 0.5) is 13.2 Å². The maximum absolute atomic E-state index is 12.7. The zero-order valence-electron chi connectivity index (χ0n) is 11.2. The number of carbonyl (C=O) groups excluding carboxylic acids is 1. The van der Waals surface area contributed by atoms with Gasteiger partial charge < -0.3 is 21.2 Å². The Hall–Kier alpha value is -1.51. The molecule has 0 bridgehead atoms. The summed E-state index contributed by atoms with van der Waals surface area (Å²) in [5.41, 5.74) is 5.03. The minimum Gasteiger partial charge on any atom is -0.409 e. The van der Waals surface area contributed by atoms with E-state index in [1.165, 1.54) is 6.92 Å². The number of likely N-dealkylation sites (tertiary alicyclic amines) is 1. The number of hydrogen-bond acceptors (Lipinski definition) is 4. The smallest absolute Gasteiger partial charge is 0.400 e. The lowest BCUT2D eigenvalue weighted by Gasteiger charge is -2.24. The van der Waals surface area contributed by atoms with E-state index in [9.17, 15) is 18.0 Å². The van der Waals surface area contributed by atoms with E-state index >= 15 is 0 Å². The molecule has 0 radical (unpaired) electrons. The van der Waals surface area contributed by atoms with Gasteiger partial charge in [-0.25, -0.2) is 0 Å². The first kappa shape index (κ1) is 16.5. The Labute approximate surface area is 114 Å². The van der Waals surface area contributed by atoms with E-state index in [0.717, 1.165) is 12.8 Å². The molecule has 1 saturated heterocycles. The summed E-state index contributed by atoms with van der Waals surface area (Å²) >= 11 is 0. The highest BCUT2D eigenvalue weighted by atomic mass is 19.4. The van der Waals surface area contributed by atoms with Crippen LogP contribution in [0.5, 0.6) is 0 Å². The lowest BCUT2D eigenvalue weighted by Crippen LogP contribution is -2.49. The van der Waals surface area contributed by atoms with Crippen LogP contribution < -0.4 is 11.1 Å². The highest BCUT2D eigenvalue weighted by molar-refractivity contribution is 5.84. The van der Waals surface area contributed by atoms with Gasteiger partial charge >= 0.3 is 6.18 Å². The van der Waals surface area contributed by atoms with Crippen LogP contribution in [-0.2, 0) is 4.79 Å². The quantitative estimate of drug-likeness (QED) is 0.298. The zero-order valence-corrected chi connectivity index (χ0v) is 11.2. The van der Waals surface area contributed by atoms with E-state index < -0.39 is 30.5 Å². The molecular formula is C11H19F3N4O2. The molecule has 116 valence electrons. The molecule has 2 unspecified atom stereocenters. The first-order valence-corrected chi connectivity index (χ1v) is 6.33. The van der Waals surface area contributed by atoms with E-state index in [1.54, 1.807) is 4.90 Å². The van der Waals surface area contributed by atoms with E-state index in [-0.39, 0.29) is 5.91 Å². The van der Waals surface area contributed by atoms with Crippen LogP contribution in [0, 0.1) is 5.92 Å². The number of hydrogen-bond donors (Lipinski definition) is 3. The van der Waals surface area contributed by atoms with E-state index in [1.807, 2.05) is 0 Å². The summed E-state index contributed by atoms with van der Waals surface area (Å²) in [4.78, 5) is 13.5. The molecule has 9 heteroatoms. The lowest BCUT2D eigenvalue weighted by molar-refractivity contribution is -0.156. The standard InChI is InChI=1S/C11H19F3N4O2/c1-7(10(19)18-4-2-3-5-18)16-6-8(9(15)17-20)11(12,13)14/h7-8,16,20H,2-6H2,1H3,(H2,15,17). The number of nitrogens with zero attached hydrogens (tertiary/aromatic N) is 2. The molecule has 1 amide bonds. The van der Waals surface area contributed by atoms with Crippen LogP contribution in [0.15, 0.2) is 5.16 Å². The van der Waals surface area contributed by atoms with Crippen molar-refractivity contribution in [2.75, 3.05) is 19.6 Å². The number of oxime groups is 1. The maximum atomic E-state index is 12.7.